The number of rotatable bonds is 5. The molecule has 0 bridgehead atoms. The molecule has 0 fully saturated rings. The molecule has 0 saturated heterocycles. The maximum Gasteiger partial charge on any atom is 0.258 e. The van der Waals surface area contributed by atoms with E-state index in [0.29, 0.717) is 0 Å². The number of halogens is 1. The van der Waals surface area contributed by atoms with Crippen LogP contribution < -0.4 is 5.32 Å². The Morgan fingerprint density at radius 2 is 2.29 bits per heavy atom. The van der Waals surface area contributed by atoms with Crippen LogP contribution in [0.2, 0.25) is 0 Å². The molecule has 1 atom stereocenters. The highest BCUT2D eigenvalue weighted by molar-refractivity contribution is 7.98. The lowest BCUT2D eigenvalue weighted by Crippen LogP contribution is -2.33. The number of amides is 1. The lowest BCUT2D eigenvalue weighted by Gasteiger charge is -2.14. The van der Waals surface area contributed by atoms with E-state index in [1.54, 1.807) is 11.8 Å². The Morgan fingerprint density at radius 1 is 1.59 bits per heavy atom. The lowest BCUT2D eigenvalue weighted by molar-refractivity contribution is 0.0932. The van der Waals surface area contributed by atoms with Crippen molar-refractivity contribution in [3.63, 3.8) is 0 Å². The van der Waals surface area contributed by atoms with Crippen molar-refractivity contribution in [1.82, 2.24) is 5.32 Å². The molecule has 0 aliphatic carbocycles. The standard InChI is InChI=1S/C12H16FNO2S/c1-8(6-7-17-2)14-12(16)11-9(13)4-3-5-10(11)15/h3-5,8,15H,6-7H2,1-2H3,(H,14,16). The van der Waals surface area contributed by atoms with E-state index < -0.39 is 11.7 Å². The summed E-state index contributed by atoms with van der Waals surface area (Å²) in [5.41, 5.74) is -0.288. The Kier molecular flexibility index (Phi) is 5.28. The van der Waals surface area contributed by atoms with Crippen LogP contribution in [0.4, 0.5) is 4.39 Å². The second kappa shape index (κ2) is 6.49. The average Bonchev–Trinajstić information content (AvgIpc) is 2.26. The van der Waals surface area contributed by atoms with E-state index in [4.69, 9.17) is 0 Å². The molecular formula is C12H16FNO2S. The van der Waals surface area contributed by atoms with Gasteiger partial charge in [-0.2, -0.15) is 11.8 Å². The Bertz CT molecular complexity index is 378. The molecule has 1 aromatic rings. The molecule has 5 heteroatoms. The second-order valence-corrected chi connectivity index (χ2v) is 4.78. The maximum atomic E-state index is 13.4. The summed E-state index contributed by atoms with van der Waals surface area (Å²) >= 11 is 1.68. The smallest absolute Gasteiger partial charge is 0.258 e. The van der Waals surface area contributed by atoms with Gasteiger partial charge in [0.25, 0.3) is 5.91 Å². The molecule has 1 unspecified atom stereocenters. The number of benzene rings is 1. The quantitative estimate of drug-likeness (QED) is 0.851. The number of hydrogen-bond donors (Lipinski definition) is 2. The third-order valence-corrected chi connectivity index (χ3v) is 3.00. The molecule has 0 heterocycles. The normalized spacial score (nSPS) is 12.2. The highest BCUT2D eigenvalue weighted by Crippen LogP contribution is 2.19. The summed E-state index contributed by atoms with van der Waals surface area (Å²) in [5, 5.41) is 12.1. The highest BCUT2D eigenvalue weighted by atomic mass is 32.2. The number of carbonyl (C=O) groups excluding carboxylic acids is 1. The first kappa shape index (κ1) is 13.8. The Hall–Kier alpha value is -1.23. The molecule has 1 rings (SSSR count). The van der Waals surface area contributed by atoms with Gasteiger partial charge in [0.15, 0.2) is 0 Å². The molecule has 3 nitrogen and oxygen atoms in total. The second-order valence-electron chi connectivity index (χ2n) is 3.79. The van der Waals surface area contributed by atoms with Crippen molar-refractivity contribution in [1.29, 1.82) is 0 Å². The zero-order valence-electron chi connectivity index (χ0n) is 9.87. The molecule has 0 aliphatic heterocycles. The van der Waals surface area contributed by atoms with Gasteiger partial charge < -0.3 is 10.4 Å². The molecule has 0 radical (unpaired) electrons. The van der Waals surface area contributed by atoms with Gasteiger partial charge in [-0.05, 0) is 37.5 Å². The monoisotopic (exact) mass is 257 g/mol. The van der Waals surface area contributed by atoms with E-state index in [9.17, 15) is 14.3 Å². The van der Waals surface area contributed by atoms with Gasteiger partial charge in [-0.25, -0.2) is 4.39 Å². The van der Waals surface area contributed by atoms with Gasteiger partial charge in [-0.3, -0.25) is 4.79 Å². The van der Waals surface area contributed by atoms with Crippen molar-refractivity contribution in [2.24, 2.45) is 0 Å². The fourth-order valence-corrected chi connectivity index (χ4v) is 1.99. The zero-order chi connectivity index (χ0) is 12.8. The summed E-state index contributed by atoms with van der Waals surface area (Å²) in [7, 11) is 0. The van der Waals surface area contributed by atoms with Gasteiger partial charge in [0.2, 0.25) is 0 Å². The number of phenols is 1. The number of aromatic hydroxyl groups is 1. The van der Waals surface area contributed by atoms with Crippen molar-refractivity contribution < 1.29 is 14.3 Å². The molecule has 17 heavy (non-hydrogen) atoms. The van der Waals surface area contributed by atoms with Crippen molar-refractivity contribution in [3.05, 3.63) is 29.6 Å². The Labute approximate surface area is 104 Å². The molecule has 0 aromatic heterocycles. The first-order valence-corrected chi connectivity index (χ1v) is 6.73. The van der Waals surface area contributed by atoms with Crippen molar-refractivity contribution in [3.8, 4) is 5.75 Å². The topological polar surface area (TPSA) is 49.3 Å². The number of carbonyl (C=O) groups is 1. The molecule has 0 aliphatic rings. The lowest BCUT2D eigenvalue weighted by atomic mass is 10.1. The molecule has 94 valence electrons. The maximum absolute atomic E-state index is 13.4. The third-order valence-electron chi connectivity index (χ3n) is 2.35. The Balaban J connectivity index is 2.70. The van der Waals surface area contributed by atoms with Crippen LogP contribution in [0.1, 0.15) is 23.7 Å². The predicted molar refractivity (Wildman–Crippen MR) is 68.0 cm³/mol. The summed E-state index contributed by atoms with van der Waals surface area (Å²) in [6.07, 6.45) is 2.79. The van der Waals surface area contributed by atoms with Gasteiger partial charge in [0, 0.05) is 6.04 Å². The fraction of sp³-hybridized carbons (Fsp3) is 0.417. The summed E-state index contributed by atoms with van der Waals surface area (Å²) in [5.74, 6) is -0.696. The SMILES string of the molecule is CSCCC(C)NC(=O)c1c(O)cccc1F. The van der Waals surface area contributed by atoms with Crippen molar-refractivity contribution in [2.45, 2.75) is 19.4 Å². The van der Waals surface area contributed by atoms with Crippen LogP contribution in [0.25, 0.3) is 0 Å². The summed E-state index contributed by atoms with van der Waals surface area (Å²) in [4.78, 5) is 11.7. The van der Waals surface area contributed by atoms with Crippen LogP contribution in [0.3, 0.4) is 0 Å². The molecule has 1 aromatic carbocycles. The fourth-order valence-electron chi connectivity index (χ4n) is 1.40. The van der Waals surface area contributed by atoms with E-state index in [0.717, 1.165) is 18.2 Å². The molecular weight excluding hydrogens is 241 g/mol. The van der Waals surface area contributed by atoms with E-state index >= 15 is 0 Å². The third kappa shape index (κ3) is 3.93. The van der Waals surface area contributed by atoms with Crippen LogP contribution in [-0.2, 0) is 0 Å². The predicted octanol–water partition coefficient (Wildman–Crippen LogP) is 2.40. The van der Waals surface area contributed by atoms with Crippen molar-refractivity contribution in [2.75, 3.05) is 12.0 Å². The Morgan fingerprint density at radius 3 is 2.88 bits per heavy atom. The highest BCUT2D eigenvalue weighted by Gasteiger charge is 2.17. The minimum absolute atomic E-state index is 0.0473. The summed E-state index contributed by atoms with van der Waals surface area (Å²) < 4.78 is 13.4. The first-order valence-electron chi connectivity index (χ1n) is 5.33. The van der Waals surface area contributed by atoms with Gasteiger partial charge in [0.1, 0.15) is 17.1 Å². The number of thioether (sulfide) groups is 1. The van der Waals surface area contributed by atoms with E-state index in [-0.39, 0.29) is 17.4 Å². The molecule has 2 N–H and O–H groups in total. The molecule has 0 spiro atoms. The van der Waals surface area contributed by atoms with Gasteiger partial charge in [-0.1, -0.05) is 6.07 Å². The minimum atomic E-state index is -0.709. The first-order chi connectivity index (χ1) is 8.06. The van der Waals surface area contributed by atoms with Crippen LogP contribution in [0.5, 0.6) is 5.75 Å². The van der Waals surface area contributed by atoms with E-state index in [2.05, 4.69) is 5.32 Å². The van der Waals surface area contributed by atoms with Crippen LogP contribution in [0, 0.1) is 5.82 Å². The van der Waals surface area contributed by atoms with Crippen molar-refractivity contribution >= 4 is 17.7 Å². The number of nitrogens with one attached hydrogen (secondary N) is 1. The van der Waals surface area contributed by atoms with E-state index in [1.807, 2.05) is 13.2 Å². The number of hydrogen-bond acceptors (Lipinski definition) is 3. The van der Waals surface area contributed by atoms with Crippen LogP contribution in [-0.4, -0.2) is 29.1 Å². The average molecular weight is 257 g/mol. The van der Waals surface area contributed by atoms with Gasteiger partial charge in [-0.15, -0.1) is 0 Å². The van der Waals surface area contributed by atoms with Crippen LogP contribution >= 0.6 is 11.8 Å². The minimum Gasteiger partial charge on any atom is -0.507 e. The number of phenolic OH excluding ortho intramolecular Hbond substituents is 1. The van der Waals surface area contributed by atoms with Gasteiger partial charge in [0.05, 0.1) is 0 Å². The van der Waals surface area contributed by atoms with E-state index in [1.165, 1.54) is 12.1 Å². The summed E-state index contributed by atoms with van der Waals surface area (Å²) in [6, 6.07) is 3.76. The molecule has 0 saturated carbocycles. The van der Waals surface area contributed by atoms with Crippen LogP contribution in [0.15, 0.2) is 18.2 Å². The largest absolute Gasteiger partial charge is 0.507 e. The molecule has 1 amide bonds. The summed E-state index contributed by atoms with van der Waals surface area (Å²) in [6.45, 7) is 1.85. The van der Waals surface area contributed by atoms with Gasteiger partial charge >= 0.3 is 0 Å². The zero-order valence-corrected chi connectivity index (χ0v) is 10.7.